The quantitative estimate of drug-likeness (QED) is 0.341. The molecule has 2 aromatic rings. The molecule has 2 fully saturated rings. The van der Waals surface area contributed by atoms with Crippen LogP contribution in [0.15, 0.2) is 42.0 Å². The molecule has 0 spiro atoms. The van der Waals surface area contributed by atoms with Crippen LogP contribution in [0.2, 0.25) is 0 Å². The maximum atomic E-state index is 13.4. The lowest BCUT2D eigenvalue weighted by Gasteiger charge is -2.31. The highest BCUT2D eigenvalue weighted by atomic mass is 16.6. The Hall–Kier alpha value is -3.76. The number of aliphatic hydroxyl groups excluding tert-OH is 1. The Morgan fingerprint density at radius 3 is 2.43 bits per heavy atom. The molecule has 0 bridgehead atoms. The summed E-state index contributed by atoms with van der Waals surface area (Å²) >= 11 is 0. The van der Waals surface area contributed by atoms with Gasteiger partial charge in [0.05, 0.1) is 39.0 Å². The molecule has 3 heterocycles. The summed E-state index contributed by atoms with van der Waals surface area (Å²) in [5.41, 5.74) is 0.875. The summed E-state index contributed by atoms with van der Waals surface area (Å²) < 4.78 is 27.7. The third-order valence-electron chi connectivity index (χ3n) is 6.85. The fourth-order valence-electron chi connectivity index (χ4n) is 4.91. The number of methoxy groups -OCH3 is 2. The van der Waals surface area contributed by atoms with Gasteiger partial charge in [-0.2, -0.15) is 0 Å². The fraction of sp³-hybridized carbons (Fsp3) is 0.407. The number of nitrogens with zero attached hydrogens (tertiary/aromatic N) is 2. The van der Waals surface area contributed by atoms with Crippen molar-refractivity contribution in [2.45, 2.75) is 6.04 Å². The lowest BCUT2D eigenvalue weighted by Crippen LogP contribution is -2.42. The second-order valence-corrected chi connectivity index (χ2v) is 8.91. The first-order valence-electron chi connectivity index (χ1n) is 12.2. The molecule has 0 aliphatic carbocycles. The van der Waals surface area contributed by atoms with Crippen molar-refractivity contribution in [3.8, 4) is 23.0 Å². The molecule has 3 aliphatic heterocycles. The highest BCUT2D eigenvalue weighted by molar-refractivity contribution is 6.46. The third kappa shape index (κ3) is 4.82. The van der Waals surface area contributed by atoms with Crippen LogP contribution in [-0.2, 0) is 14.3 Å². The van der Waals surface area contributed by atoms with E-state index in [1.54, 1.807) is 36.4 Å². The molecule has 5 rings (SSSR count). The van der Waals surface area contributed by atoms with Crippen LogP contribution in [0.4, 0.5) is 0 Å². The molecule has 37 heavy (non-hydrogen) atoms. The molecule has 1 N–H and O–H groups in total. The highest BCUT2D eigenvalue weighted by Crippen LogP contribution is 2.44. The van der Waals surface area contributed by atoms with Crippen molar-refractivity contribution < 1.29 is 38.4 Å². The van der Waals surface area contributed by atoms with Gasteiger partial charge in [-0.15, -0.1) is 0 Å². The SMILES string of the molecule is COc1ccc(OC)c(C2C(=C(O)c3ccc4c(c3)OCCO4)C(=O)C(=O)N2CCN2CCOCC2)c1. The Kier molecular flexibility index (Phi) is 7.20. The number of likely N-dealkylation sites (tertiary alicyclic amines) is 1. The number of benzene rings is 2. The number of Topliss-reactive ketones (excluding diaryl/α,β-unsaturated/α-hetero) is 1. The lowest BCUT2D eigenvalue weighted by molar-refractivity contribution is -0.140. The third-order valence-corrected chi connectivity index (χ3v) is 6.85. The number of ketones is 1. The number of rotatable bonds is 7. The summed E-state index contributed by atoms with van der Waals surface area (Å²) in [4.78, 5) is 30.5. The van der Waals surface area contributed by atoms with E-state index < -0.39 is 17.7 Å². The minimum atomic E-state index is -0.876. The van der Waals surface area contributed by atoms with E-state index in [9.17, 15) is 14.7 Å². The van der Waals surface area contributed by atoms with Crippen LogP contribution in [0.1, 0.15) is 17.2 Å². The van der Waals surface area contributed by atoms with Gasteiger partial charge in [0.1, 0.15) is 30.5 Å². The van der Waals surface area contributed by atoms with Crippen molar-refractivity contribution in [1.82, 2.24) is 9.80 Å². The molecular formula is C27H30N2O8. The van der Waals surface area contributed by atoms with Gasteiger partial charge >= 0.3 is 0 Å². The largest absolute Gasteiger partial charge is 0.507 e. The van der Waals surface area contributed by atoms with Crippen LogP contribution in [0.3, 0.4) is 0 Å². The van der Waals surface area contributed by atoms with Crippen LogP contribution < -0.4 is 18.9 Å². The molecule has 1 amide bonds. The van der Waals surface area contributed by atoms with Crippen LogP contribution in [0, 0.1) is 0 Å². The van der Waals surface area contributed by atoms with Crippen molar-refractivity contribution in [2.24, 2.45) is 0 Å². The van der Waals surface area contributed by atoms with Crippen LogP contribution in [0.5, 0.6) is 23.0 Å². The Morgan fingerprint density at radius 1 is 0.946 bits per heavy atom. The Bertz CT molecular complexity index is 1220. The van der Waals surface area contributed by atoms with E-state index >= 15 is 0 Å². The Labute approximate surface area is 214 Å². The predicted octanol–water partition coefficient (Wildman–Crippen LogP) is 2.23. The van der Waals surface area contributed by atoms with E-state index in [0.717, 1.165) is 13.1 Å². The normalized spacial score (nSPS) is 21.2. The van der Waals surface area contributed by atoms with Gasteiger partial charge in [-0.05, 0) is 36.4 Å². The van der Waals surface area contributed by atoms with E-state index in [1.165, 1.54) is 19.1 Å². The average molecular weight is 511 g/mol. The van der Waals surface area contributed by atoms with Crippen LogP contribution in [0.25, 0.3) is 5.76 Å². The molecule has 10 nitrogen and oxygen atoms in total. The first kappa shape index (κ1) is 24.9. The number of ether oxygens (including phenoxy) is 5. The predicted molar refractivity (Wildman–Crippen MR) is 133 cm³/mol. The zero-order chi connectivity index (χ0) is 25.9. The molecule has 2 aromatic carbocycles. The van der Waals surface area contributed by atoms with E-state index in [0.29, 0.717) is 67.1 Å². The minimum absolute atomic E-state index is 0.0183. The van der Waals surface area contributed by atoms with Gasteiger partial charge in [0, 0.05) is 37.3 Å². The van der Waals surface area contributed by atoms with Crippen molar-refractivity contribution >= 4 is 17.4 Å². The topological polar surface area (TPSA) is 107 Å². The summed E-state index contributed by atoms with van der Waals surface area (Å²) in [5.74, 6) is 0.295. The second-order valence-electron chi connectivity index (χ2n) is 8.91. The molecule has 3 aliphatic rings. The minimum Gasteiger partial charge on any atom is -0.507 e. The number of fused-ring (bicyclic) bond motifs is 1. The number of carbonyl (C=O) groups is 2. The van der Waals surface area contributed by atoms with E-state index in [4.69, 9.17) is 23.7 Å². The van der Waals surface area contributed by atoms with Gasteiger partial charge < -0.3 is 33.7 Å². The summed E-state index contributed by atoms with van der Waals surface area (Å²) in [6, 6.07) is 9.25. The van der Waals surface area contributed by atoms with Gasteiger partial charge in [-0.25, -0.2) is 0 Å². The van der Waals surface area contributed by atoms with Crippen molar-refractivity contribution in [1.29, 1.82) is 0 Å². The zero-order valence-electron chi connectivity index (χ0n) is 20.9. The van der Waals surface area contributed by atoms with Gasteiger partial charge in [0.15, 0.2) is 11.5 Å². The molecule has 0 saturated carbocycles. The first-order valence-corrected chi connectivity index (χ1v) is 12.2. The fourth-order valence-corrected chi connectivity index (χ4v) is 4.91. The second kappa shape index (κ2) is 10.7. The molecule has 10 heteroatoms. The maximum Gasteiger partial charge on any atom is 0.295 e. The number of hydrogen-bond acceptors (Lipinski definition) is 9. The summed E-state index contributed by atoms with van der Waals surface area (Å²) in [6.45, 7) is 4.39. The van der Waals surface area contributed by atoms with Crippen LogP contribution in [-0.4, -0.2) is 93.4 Å². The number of carbonyl (C=O) groups excluding carboxylic acids is 2. The number of hydrogen-bond donors (Lipinski definition) is 1. The maximum absolute atomic E-state index is 13.4. The van der Waals surface area contributed by atoms with Gasteiger partial charge in [-0.3, -0.25) is 14.5 Å². The molecule has 0 aromatic heterocycles. The average Bonchev–Trinajstić information content (AvgIpc) is 3.20. The molecular weight excluding hydrogens is 480 g/mol. The first-order chi connectivity index (χ1) is 18.0. The molecule has 1 unspecified atom stereocenters. The monoisotopic (exact) mass is 510 g/mol. The number of aliphatic hydroxyl groups is 1. The van der Waals surface area contributed by atoms with Gasteiger partial charge in [-0.1, -0.05) is 0 Å². The van der Waals surface area contributed by atoms with E-state index in [-0.39, 0.29) is 17.9 Å². The van der Waals surface area contributed by atoms with E-state index in [2.05, 4.69) is 4.90 Å². The zero-order valence-corrected chi connectivity index (χ0v) is 20.9. The Balaban J connectivity index is 1.60. The number of amides is 1. The molecule has 196 valence electrons. The Morgan fingerprint density at radius 2 is 1.70 bits per heavy atom. The summed E-state index contributed by atoms with van der Waals surface area (Å²) in [6.07, 6.45) is 0. The van der Waals surface area contributed by atoms with Gasteiger partial charge in [0.25, 0.3) is 11.7 Å². The molecule has 2 saturated heterocycles. The smallest absolute Gasteiger partial charge is 0.295 e. The van der Waals surface area contributed by atoms with Crippen molar-refractivity contribution in [3.05, 3.63) is 53.1 Å². The van der Waals surface area contributed by atoms with Gasteiger partial charge in [0.2, 0.25) is 0 Å². The van der Waals surface area contributed by atoms with Crippen molar-refractivity contribution in [2.75, 3.05) is 66.8 Å². The lowest BCUT2D eigenvalue weighted by atomic mass is 9.94. The highest BCUT2D eigenvalue weighted by Gasteiger charge is 2.47. The summed E-state index contributed by atoms with van der Waals surface area (Å²) in [5, 5.41) is 11.5. The summed E-state index contributed by atoms with van der Waals surface area (Å²) in [7, 11) is 3.06. The van der Waals surface area contributed by atoms with Crippen molar-refractivity contribution in [3.63, 3.8) is 0 Å². The molecule has 0 radical (unpaired) electrons. The molecule has 1 atom stereocenters. The number of morpholine rings is 1. The standard InChI is InChI=1S/C27H30N2O8/c1-33-18-4-6-20(34-2)19(16-18)24-23(25(30)17-3-5-21-22(15-17)37-14-13-36-21)26(31)27(32)29(24)8-7-28-9-11-35-12-10-28/h3-6,15-16,24,30H,7-14H2,1-2H3. The van der Waals surface area contributed by atoms with Crippen LogP contribution >= 0.6 is 0 Å². The van der Waals surface area contributed by atoms with E-state index in [1.807, 2.05) is 0 Å².